The lowest BCUT2D eigenvalue weighted by molar-refractivity contribution is 0.132. The van der Waals surface area contributed by atoms with E-state index in [1.165, 1.54) is 6.42 Å². The summed E-state index contributed by atoms with van der Waals surface area (Å²) in [4.78, 5) is 0. The number of nitrogens with one attached hydrogen (secondary N) is 1. The Kier molecular flexibility index (Phi) is 5.16. The van der Waals surface area contributed by atoms with Crippen LogP contribution in [0, 0.1) is 5.92 Å². The predicted octanol–water partition coefficient (Wildman–Crippen LogP) is 4.15. The molecular formula is C14H19Cl2NO. The van der Waals surface area contributed by atoms with Crippen molar-refractivity contribution in [3.8, 4) is 5.75 Å². The van der Waals surface area contributed by atoms with Crippen molar-refractivity contribution in [2.45, 2.75) is 32.3 Å². The highest BCUT2D eigenvalue weighted by Crippen LogP contribution is 2.29. The summed E-state index contributed by atoms with van der Waals surface area (Å²) in [5.41, 5.74) is 0. The molecule has 2 nitrogen and oxygen atoms in total. The lowest BCUT2D eigenvalue weighted by Crippen LogP contribution is -2.28. The third kappa shape index (κ3) is 3.53. The van der Waals surface area contributed by atoms with Gasteiger partial charge in [-0.25, -0.2) is 0 Å². The van der Waals surface area contributed by atoms with Gasteiger partial charge in [-0.1, -0.05) is 36.5 Å². The SMILES string of the molecule is CCC[C@H](Oc1ccc(Cl)c(Cl)c1)C1CCNC1. The molecule has 1 heterocycles. The van der Waals surface area contributed by atoms with E-state index in [0.717, 1.165) is 31.7 Å². The minimum atomic E-state index is 0.266. The molecule has 2 atom stereocenters. The fraction of sp³-hybridized carbons (Fsp3) is 0.571. The first kappa shape index (κ1) is 14.0. The van der Waals surface area contributed by atoms with Crippen LogP contribution in [0.15, 0.2) is 18.2 Å². The minimum Gasteiger partial charge on any atom is -0.490 e. The summed E-state index contributed by atoms with van der Waals surface area (Å²) >= 11 is 11.9. The molecule has 1 fully saturated rings. The van der Waals surface area contributed by atoms with Gasteiger partial charge in [0.1, 0.15) is 11.9 Å². The Morgan fingerprint density at radius 2 is 2.22 bits per heavy atom. The molecule has 2 rings (SSSR count). The van der Waals surface area contributed by atoms with E-state index in [4.69, 9.17) is 27.9 Å². The Morgan fingerprint density at radius 1 is 1.39 bits per heavy atom. The molecule has 0 saturated carbocycles. The van der Waals surface area contributed by atoms with E-state index in [-0.39, 0.29) is 6.10 Å². The van der Waals surface area contributed by atoms with E-state index < -0.39 is 0 Å². The first-order chi connectivity index (χ1) is 8.70. The van der Waals surface area contributed by atoms with Crippen LogP contribution in [0.1, 0.15) is 26.2 Å². The smallest absolute Gasteiger partial charge is 0.121 e. The Bertz CT molecular complexity index is 391. The van der Waals surface area contributed by atoms with Crippen molar-refractivity contribution in [2.75, 3.05) is 13.1 Å². The van der Waals surface area contributed by atoms with Crippen molar-refractivity contribution in [3.63, 3.8) is 0 Å². The molecule has 100 valence electrons. The van der Waals surface area contributed by atoms with Crippen LogP contribution in [0.2, 0.25) is 10.0 Å². The first-order valence-electron chi connectivity index (χ1n) is 6.53. The van der Waals surface area contributed by atoms with Gasteiger partial charge in [-0.3, -0.25) is 0 Å². The van der Waals surface area contributed by atoms with Gasteiger partial charge in [-0.2, -0.15) is 0 Å². The van der Waals surface area contributed by atoms with Crippen LogP contribution in [-0.4, -0.2) is 19.2 Å². The van der Waals surface area contributed by atoms with Crippen LogP contribution in [0.3, 0.4) is 0 Å². The van der Waals surface area contributed by atoms with Crippen LogP contribution in [0.5, 0.6) is 5.75 Å². The third-order valence-corrected chi connectivity index (χ3v) is 4.11. The fourth-order valence-electron chi connectivity index (χ4n) is 2.39. The standard InChI is InChI=1S/C14H19Cl2NO/c1-2-3-14(10-6-7-17-9-10)18-11-4-5-12(15)13(16)8-11/h4-5,8,10,14,17H,2-3,6-7,9H2,1H3/t10?,14-/m0/s1. The molecule has 0 amide bonds. The van der Waals surface area contributed by atoms with E-state index in [9.17, 15) is 0 Å². The summed E-state index contributed by atoms with van der Waals surface area (Å²) in [5, 5.41) is 4.51. The molecule has 0 radical (unpaired) electrons. The van der Waals surface area contributed by atoms with Crippen LogP contribution >= 0.6 is 23.2 Å². The van der Waals surface area contributed by atoms with Crippen molar-refractivity contribution >= 4 is 23.2 Å². The number of benzene rings is 1. The largest absolute Gasteiger partial charge is 0.490 e. The van der Waals surface area contributed by atoms with Crippen molar-refractivity contribution in [3.05, 3.63) is 28.2 Å². The van der Waals surface area contributed by atoms with Crippen LogP contribution < -0.4 is 10.1 Å². The van der Waals surface area contributed by atoms with Crippen molar-refractivity contribution in [1.82, 2.24) is 5.32 Å². The Morgan fingerprint density at radius 3 is 2.83 bits per heavy atom. The summed E-state index contributed by atoms with van der Waals surface area (Å²) < 4.78 is 6.09. The van der Waals surface area contributed by atoms with E-state index in [0.29, 0.717) is 16.0 Å². The second-order valence-electron chi connectivity index (χ2n) is 4.77. The molecule has 0 bridgehead atoms. The molecule has 0 aromatic heterocycles. The molecule has 4 heteroatoms. The summed E-state index contributed by atoms with van der Waals surface area (Å²) in [6, 6.07) is 5.48. The minimum absolute atomic E-state index is 0.266. The van der Waals surface area contributed by atoms with Gasteiger partial charge in [0.15, 0.2) is 0 Å². The molecule has 1 saturated heterocycles. The third-order valence-electron chi connectivity index (χ3n) is 3.38. The predicted molar refractivity (Wildman–Crippen MR) is 76.8 cm³/mol. The zero-order chi connectivity index (χ0) is 13.0. The highest BCUT2D eigenvalue weighted by atomic mass is 35.5. The van der Waals surface area contributed by atoms with Crippen LogP contribution in [0.4, 0.5) is 0 Å². The Balaban J connectivity index is 2.04. The molecule has 1 N–H and O–H groups in total. The number of rotatable bonds is 5. The average molecular weight is 288 g/mol. The second kappa shape index (κ2) is 6.65. The summed E-state index contributed by atoms with van der Waals surface area (Å²) in [6.07, 6.45) is 3.66. The quantitative estimate of drug-likeness (QED) is 0.878. The maximum atomic E-state index is 6.09. The highest BCUT2D eigenvalue weighted by molar-refractivity contribution is 6.42. The maximum Gasteiger partial charge on any atom is 0.121 e. The van der Waals surface area contributed by atoms with E-state index in [1.807, 2.05) is 6.07 Å². The zero-order valence-corrected chi connectivity index (χ0v) is 12.1. The summed E-state index contributed by atoms with van der Waals surface area (Å²) in [7, 11) is 0. The second-order valence-corrected chi connectivity index (χ2v) is 5.59. The van der Waals surface area contributed by atoms with E-state index >= 15 is 0 Å². The molecule has 18 heavy (non-hydrogen) atoms. The van der Waals surface area contributed by atoms with Gasteiger partial charge in [0.05, 0.1) is 10.0 Å². The van der Waals surface area contributed by atoms with E-state index in [2.05, 4.69) is 12.2 Å². The van der Waals surface area contributed by atoms with Crippen molar-refractivity contribution in [2.24, 2.45) is 5.92 Å². The van der Waals surface area contributed by atoms with Gasteiger partial charge in [0, 0.05) is 18.5 Å². The van der Waals surface area contributed by atoms with Crippen LogP contribution in [0.25, 0.3) is 0 Å². The zero-order valence-electron chi connectivity index (χ0n) is 10.6. The molecular weight excluding hydrogens is 269 g/mol. The van der Waals surface area contributed by atoms with Gasteiger partial charge in [0.2, 0.25) is 0 Å². The van der Waals surface area contributed by atoms with Gasteiger partial charge in [-0.15, -0.1) is 0 Å². The first-order valence-corrected chi connectivity index (χ1v) is 7.28. The van der Waals surface area contributed by atoms with Gasteiger partial charge >= 0.3 is 0 Å². The molecule has 1 unspecified atom stereocenters. The number of hydrogen-bond donors (Lipinski definition) is 1. The number of ether oxygens (including phenoxy) is 1. The van der Waals surface area contributed by atoms with Gasteiger partial charge < -0.3 is 10.1 Å². The highest BCUT2D eigenvalue weighted by Gasteiger charge is 2.25. The molecule has 1 aliphatic heterocycles. The molecule has 0 spiro atoms. The monoisotopic (exact) mass is 287 g/mol. The number of hydrogen-bond acceptors (Lipinski definition) is 2. The molecule has 1 aromatic rings. The molecule has 0 aliphatic carbocycles. The summed E-state index contributed by atoms with van der Waals surface area (Å²) in [6.45, 7) is 4.33. The van der Waals surface area contributed by atoms with Crippen molar-refractivity contribution in [1.29, 1.82) is 0 Å². The van der Waals surface area contributed by atoms with Crippen LogP contribution in [-0.2, 0) is 0 Å². The lowest BCUT2D eigenvalue weighted by Gasteiger charge is -2.24. The molecule has 1 aliphatic rings. The van der Waals surface area contributed by atoms with Gasteiger partial charge in [-0.05, 0) is 31.5 Å². The lowest BCUT2D eigenvalue weighted by atomic mass is 9.97. The average Bonchev–Trinajstić information content (AvgIpc) is 2.87. The maximum absolute atomic E-state index is 6.09. The van der Waals surface area contributed by atoms with Gasteiger partial charge in [0.25, 0.3) is 0 Å². The topological polar surface area (TPSA) is 21.3 Å². The summed E-state index contributed by atoms with van der Waals surface area (Å²) in [5.74, 6) is 1.41. The normalized spacial score (nSPS) is 20.9. The Labute approximate surface area is 119 Å². The van der Waals surface area contributed by atoms with E-state index in [1.54, 1.807) is 12.1 Å². The number of halogens is 2. The fourth-order valence-corrected chi connectivity index (χ4v) is 2.68. The Hall–Kier alpha value is -0.440. The van der Waals surface area contributed by atoms with Crippen molar-refractivity contribution < 1.29 is 4.74 Å². The molecule has 1 aromatic carbocycles.